The number of ether oxygens (including phenoxy) is 1. The molecule has 2 aromatic carbocycles. The normalized spacial score (nSPS) is 19.4. The summed E-state index contributed by atoms with van der Waals surface area (Å²) in [7, 11) is 0. The summed E-state index contributed by atoms with van der Waals surface area (Å²) in [4.78, 5) is 29.4. The second-order valence-electron chi connectivity index (χ2n) is 7.65. The van der Waals surface area contributed by atoms with Gasteiger partial charge in [-0.2, -0.15) is 0 Å². The van der Waals surface area contributed by atoms with Gasteiger partial charge in [-0.3, -0.25) is 9.59 Å². The SMILES string of the molecule is C[C@H]1Cc2ccccc2N1C(=O)C1CCN(C(=O)COc2ccccc2)CC1. The van der Waals surface area contributed by atoms with Crippen LogP contribution in [0.3, 0.4) is 0 Å². The predicted molar refractivity (Wildman–Crippen MR) is 108 cm³/mol. The fraction of sp³-hybridized carbons (Fsp3) is 0.391. The Kier molecular flexibility index (Phi) is 5.33. The lowest BCUT2D eigenvalue weighted by atomic mass is 9.94. The van der Waals surface area contributed by atoms with E-state index in [2.05, 4.69) is 13.0 Å². The van der Waals surface area contributed by atoms with Crippen molar-refractivity contribution in [3.63, 3.8) is 0 Å². The average molecular weight is 378 g/mol. The van der Waals surface area contributed by atoms with E-state index in [9.17, 15) is 9.59 Å². The van der Waals surface area contributed by atoms with Gasteiger partial charge >= 0.3 is 0 Å². The maximum absolute atomic E-state index is 13.2. The molecule has 28 heavy (non-hydrogen) atoms. The smallest absolute Gasteiger partial charge is 0.260 e. The largest absolute Gasteiger partial charge is 0.484 e. The van der Waals surface area contributed by atoms with Crippen LogP contribution in [0.15, 0.2) is 54.6 Å². The number of amides is 2. The Bertz CT molecular complexity index is 844. The summed E-state index contributed by atoms with van der Waals surface area (Å²) in [5.74, 6) is 0.857. The Morgan fingerprint density at radius 3 is 2.43 bits per heavy atom. The molecule has 0 radical (unpaired) electrons. The summed E-state index contributed by atoms with van der Waals surface area (Å²) in [6.45, 7) is 3.37. The van der Waals surface area contributed by atoms with E-state index in [0.717, 1.165) is 12.1 Å². The molecule has 2 aromatic rings. The number of anilines is 1. The summed E-state index contributed by atoms with van der Waals surface area (Å²) in [6, 6.07) is 17.7. The molecule has 0 bridgehead atoms. The van der Waals surface area contributed by atoms with Gasteiger partial charge in [-0.05, 0) is 49.9 Å². The van der Waals surface area contributed by atoms with Crippen LogP contribution in [0.25, 0.3) is 0 Å². The molecule has 0 aromatic heterocycles. The Balaban J connectivity index is 1.31. The number of rotatable bonds is 4. The highest BCUT2D eigenvalue weighted by atomic mass is 16.5. The van der Waals surface area contributed by atoms with Gasteiger partial charge in [-0.25, -0.2) is 0 Å². The van der Waals surface area contributed by atoms with Crippen LogP contribution in [0.4, 0.5) is 5.69 Å². The number of fused-ring (bicyclic) bond motifs is 1. The standard InChI is InChI=1S/C23H26N2O3/c1-17-15-19-7-5-6-10-21(19)25(17)23(27)18-11-13-24(14-12-18)22(26)16-28-20-8-3-2-4-9-20/h2-10,17-18H,11-16H2,1H3/t17-/m0/s1. The molecule has 2 aliphatic rings. The third kappa shape index (κ3) is 3.75. The van der Waals surface area contributed by atoms with Crippen molar-refractivity contribution in [2.75, 3.05) is 24.6 Å². The van der Waals surface area contributed by atoms with E-state index in [-0.39, 0.29) is 30.4 Å². The molecular weight excluding hydrogens is 352 g/mol. The average Bonchev–Trinajstić information content (AvgIpc) is 3.08. The van der Waals surface area contributed by atoms with Gasteiger partial charge in [0.1, 0.15) is 5.75 Å². The van der Waals surface area contributed by atoms with Crippen LogP contribution in [0.1, 0.15) is 25.3 Å². The quantitative estimate of drug-likeness (QED) is 0.820. The molecule has 0 unspecified atom stereocenters. The van der Waals surface area contributed by atoms with Gasteiger partial charge in [0.2, 0.25) is 5.91 Å². The number of hydrogen-bond acceptors (Lipinski definition) is 3. The molecule has 0 saturated carbocycles. The van der Waals surface area contributed by atoms with Crippen LogP contribution in [0, 0.1) is 5.92 Å². The first-order chi connectivity index (χ1) is 13.6. The molecule has 5 heteroatoms. The molecule has 1 atom stereocenters. The van der Waals surface area contributed by atoms with Crippen molar-refractivity contribution in [3.05, 3.63) is 60.2 Å². The Morgan fingerprint density at radius 2 is 1.68 bits per heavy atom. The van der Waals surface area contributed by atoms with Crippen LogP contribution in [0.2, 0.25) is 0 Å². The van der Waals surface area contributed by atoms with Gasteiger partial charge in [0.15, 0.2) is 6.61 Å². The molecule has 0 spiro atoms. The molecule has 0 aliphatic carbocycles. The predicted octanol–water partition coefficient (Wildman–Crippen LogP) is 3.28. The molecule has 0 N–H and O–H groups in total. The lowest BCUT2D eigenvalue weighted by Crippen LogP contribution is -2.47. The van der Waals surface area contributed by atoms with E-state index in [1.807, 2.05) is 58.3 Å². The van der Waals surface area contributed by atoms with E-state index >= 15 is 0 Å². The fourth-order valence-corrected chi connectivity index (χ4v) is 4.23. The number of hydrogen-bond donors (Lipinski definition) is 0. The van der Waals surface area contributed by atoms with Gasteiger partial charge in [-0.15, -0.1) is 0 Å². The van der Waals surface area contributed by atoms with Crippen LogP contribution in [-0.2, 0) is 16.0 Å². The summed E-state index contributed by atoms with van der Waals surface area (Å²) in [5.41, 5.74) is 2.30. The topological polar surface area (TPSA) is 49.9 Å². The van der Waals surface area contributed by atoms with Gasteiger partial charge in [0.25, 0.3) is 5.91 Å². The molecule has 1 fully saturated rings. The maximum Gasteiger partial charge on any atom is 0.260 e. The first kappa shape index (κ1) is 18.5. The van der Waals surface area contributed by atoms with Crippen molar-refractivity contribution in [3.8, 4) is 5.75 Å². The minimum atomic E-state index is -0.0207. The van der Waals surface area contributed by atoms with Crippen molar-refractivity contribution in [1.82, 2.24) is 4.90 Å². The van der Waals surface area contributed by atoms with E-state index in [1.165, 1.54) is 5.56 Å². The number of nitrogens with zero attached hydrogens (tertiary/aromatic N) is 2. The van der Waals surface area contributed by atoms with Gasteiger partial charge in [-0.1, -0.05) is 36.4 Å². The molecule has 2 heterocycles. The zero-order valence-corrected chi connectivity index (χ0v) is 16.2. The molecule has 146 valence electrons. The number of para-hydroxylation sites is 2. The van der Waals surface area contributed by atoms with Crippen LogP contribution < -0.4 is 9.64 Å². The lowest BCUT2D eigenvalue weighted by Gasteiger charge is -2.34. The molecule has 1 saturated heterocycles. The van der Waals surface area contributed by atoms with E-state index in [4.69, 9.17) is 4.74 Å². The number of piperidine rings is 1. The van der Waals surface area contributed by atoms with Gasteiger partial charge in [0, 0.05) is 30.7 Å². The first-order valence-electron chi connectivity index (χ1n) is 10.00. The Hall–Kier alpha value is -2.82. The fourth-order valence-electron chi connectivity index (χ4n) is 4.23. The summed E-state index contributed by atoms with van der Waals surface area (Å²) in [5, 5.41) is 0. The maximum atomic E-state index is 13.2. The minimum Gasteiger partial charge on any atom is -0.484 e. The molecule has 4 rings (SSSR count). The van der Waals surface area contributed by atoms with Gasteiger partial charge in [0.05, 0.1) is 0 Å². The van der Waals surface area contributed by atoms with Crippen LogP contribution in [0.5, 0.6) is 5.75 Å². The highest BCUT2D eigenvalue weighted by Gasteiger charge is 2.36. The van der Waals surface area contributed by atoms with Crippen molar-refractivity contribution in [2.24, 2.45) is 5.92 Å². The summed E-state index contributed by atoms with van der Waals surface area (Å²) >= 11 is 0. The highest BCUT2D eigenvalue weighted by molar-refractivity contribution is 5.97. The van der Waals surface area contributed by atoms with E-state index < -0.39 is 0 Å². The Labute approximate surface area is 165 Å². The highest BCUT2D eigenvalue weighted by Crippen LogP contribution is 2.34. The Morgan fingerprint density at radius 1 is 1.00 bits per heavy atom. The van der Waals surface area contributed by atoms with Crippen LogP contribution in [-0.4, -0.2) is 42.5 Å². The number of carbonyl (C=O) groups is 2. The lowest BCUT2D eigenvalue weighted by molar-refractivity contribution is -0.136. The van der Waals surface area contributed by atoms with Crippen molar-refractivity contribution in [2.45, 2.75) is 32.2 Å². The second kappa shape index (κ2) is 8.05. The third-order valence-electron chi connectivity index (χ3n) is 5.75. The van der Waals surface area contributed by atoms with Crippen LogP contribution >= 0.6 is 0 Å². The van der Waals surface area contributed by atoms with E-state index in [1.54, 1.807) is 0 Å². The van der Waals surface area contributed by atoms with Crippen molar-refractivity contribution < 1.29 is 14.3 Å². The zero-order chi connectivity index (χ0) is 19.5. The number of benzene rings is 2. The third-order valence-corrected chi connectivity index (χ3v) is 5.75. The van der Waals surface area contributed by atoms with E-state index in [0.29, 0.717) is 31.7 Å². The van der Waals surface area contributed by atoms with Crippen molar-refractivity contribution >= 4 is 17.5 Å². The van der Waals surface area contributed by atoms with Gasteiger partial charge < -0.3 is 14.5 Å². The summed E-state index contributed by atoms with van der Waals surface area (Å²) in [6.07, 6.45) is 2.33. The molecule has 2 aliphatic heterocycles. The molecular formula is C23H26N2O3. The monoisotopic (exact) mass is 378 g/mol. The minimum absolute atomic E-state index is 0.0189. The molecule has 5 nitrogen and oxygen atoms in total. The first-order valence-corrected chi connectivity index (χ1v) is 10.00. The zero-order valence-electron chi connectivity index (χ0n) is 16.2. The molecule has 2 amide bonds. The number of carbonyl (C=O) groups excluding carboxylic acids is 2. The van der Waals surface area contributed by atoms with Crippen molar-refractivity contribution in [1.29, 1.82) is 0 Å². The summed E-state index contributed by atoms with van der Waals surface area (Å²) < 4.78 is 5.56. The number of likely N-dealkylation sites (tertiary alicyclic amines) is 1. The second-order valence-corrected chi connectivity index (χ2v) is 7.65.